The summed E-state index contributed by atoms with van der Waals surface area (Å²) in [4.78, 5) is 16.4. The highest BCUT2D eigenvalue weighted by atomic mass is 16.5. The van der Waals surface area contributed by atoms with Crippen LogP contribution in [0.15, 0.2) is 104 Å². The summed E-state index contributed by atoms with van der Waals surface area (Å²) in [7, 11) is 0. The Morgan fingerprint density at radius 1 is 0.906 bits per heavy atom. The van der Waals surface area contributed by atoms with Gasteiger partial charge in [-0.05, 0) is 23.6 Å². The molecule has 32 heavy (non-hydrogen) atoms. The molecule has 1 atom stereocenters. The van der Waals surface area contributed by atoms with Gasteiger partial charge in [-0.25, -0.2) is 4.98 Å². The lowest BCUT2D eigenvalue weighted by Crippen LogP contribution is -2.37. The summed E-state index contributed by atoms with van der Waals surface area (Å²) in [6.45, 7) is 2.02. The maximum Gasteiger partial charge on any atom is 0.308 e. The van der Waals surface area contributed by atoms with E-state index in [1.165, 1.54) is 0 Å². The van der Waals surface area contributed by atoms with E-state index >= 15 is 0 Å². The van der Waals surface area contributed by atoms with Crippen molar-refractivity contribution in [3.05, 3.63) is 126 Å². The third kappa shape index (κ3) is 4.07. The fourth-order valence-corrected chi connectivity index (χ4v) is 4.16. The quantitative estimate of drug-likeness (QED) is 0.327. The lowest BCUT2D eigenvalue weighted by Gasteiger charge is -2.37. The van der Waals surface area contributed by atoms with Crippen molar-refractivity contribution in [2.45, 2.75) is 25.0 Å². The van der Waals surface area contributed by atoms with E-state index in [1.807, 2.05) is 65.4 Å². The monoisotopic (exact) mass is 426 g/mol. The molecule has 1 heterocycles. The molecular formula is C27H26N2O3. The van der Waals surface area contributed by atoms with E-state index in [0.717, 1.165) is 16.7 Å². The third-order valence-corrected chi connectivity index (χ3v) is 5.57. The zero-order valence-corrected chi connectivity index (χ0v) is 18.0. The van der Waals surface area contributed by atoms with Crippen LogP contribution in [-0.2, 0) is 15.1 Å². The summed E-state index contributed by atoms with van der Waals surface area (Å²) < 4.78 is 6.99. The molecule has 0 aliphatic carbocycles. The molecule has 0 bridgehead atoms. The van der Waals surface area contributed by atoms with Crippen molar-refractivity contribution in [3.8, 4) is 0 Å². The molecule has 0 fully saturated rings. The summed E-state index contributed by atoms with van der Waals surface area (Å²) >= 11 is 0. The van der Waals surface area contributed by atoms with Gasteiger partial charge >= 0.3 is 5.97 Å². The minimum Gasteiger partial charge on any atom is -0.466 e. The van der Waals surface area contributed by atoms with E-state index in [1.54, 1.807) is 13.3 Å². The summed E-state index contributed by atoms with van der Waals surface area (Å²) in [5, 5.41) is 10.6. The van der Waals surface area contributed by atoms with Gasteiger partial charge in [0.2, 0.25) is 0 Å². The molecule has 3 aromatic carbocycles. The van der Waals surface area contributed by atoms with Crippen LogP contribution in [0.1, 0.15) is 41.8 Å². The molecule has 5 nitrogen and oxygen atoms in total. The van der Waals surface area contributed by atoms with Gasteiger partial charge in [0.1, 0.15) is 11.6 Å². The Hall–Kier alpha value is -3.70. The van der Waals surface area contributed by atoms with E-state index in [-0.39, 0.29) is 13.0 Å². The third-order valence-electron chi connectivity index (χ3n) is 5.57. The molecule has 162 valence electrons. The molecule has 1 N–H and O–H groups in total. The van der Waals surface area contributed by atoms with Gasteiger partial charge in [0.05, 0.1) is 25.0 Å². The highest BCUT2D eigenvalue weighted by molar-refractivity contribution is 5.70. The molecule has 0 aliphatic rings. The first-order chi connectivity index (χ1) is 15.7. The SMILES string of the molecule is CCOC(=O)C[C@H](O)c1cn(C(c2ccccc2)(c2ccccc2)c2ccccc2)cn1. The number of aliphatic hydroxyl groups excluding tert-OH is 1. The molecule has 4 aromatic rings. The molecule has 4 rings (SSSR count). The van der Waals surface area contributed by atoms with Gasteiger partial charge in [-0.3, -0.25) is 4.79 Å². The van der Waals surface area contributed by atoms with Crippen molar-refractivity contribution < 1.29 is 14.6 Å². The van der Waals surface area contributed by atoms with Gasteiger partial charge in [-0.1, -0.05) is 91.0 Å². The van der Waals surface area contributed by atoms with Crippen molar-refractivity contribution in [2.24, 2.45) is 0 Å². The van der Waals surface area contributed by atoms with Crippen LogP contribution in [0.2, 0.25) is 0 Å². The van der Waals surface area contributed by atoms with Crippen LogP contribution in [0.3, 0.4) is 0 Å². The maximum atomic E-state index is 11.9. The van der Waals surface area contributed by atoms with Crippen molar-refractivity contribution in [2.75, 3.05) is 6.61 Å². The van der Waals surface area contributed by atoms with E-state index in [9.17, 15) is 9.90 Å². The Balaban J connectivity index is 1.90. The number of carbonyl (C=O) groups excluding carboxylic acids is 1. The molecule has 1 aromatic heterocycles. The van der Waals surface area contributed by atoms with Gasteiger partial charge in [-0.2, -0.15) is 0 Å². The number of benzene rings is 3. The first kappa shape index (κ1) is 21.5. The van der Waals surface area contributed by atoms with Crippen molar-refractivity contribution >= 4 is 5.97 Å². The van der Waals surface area contributed by atoms with Crippen LogP contribution >= 0.6 is 0 Å². The maximum absolute atomic E-state index is 11.9. The highest BCUT2D eigenvalue weighted by Gasteiger charge is 2.38. The summed E-state index contributed by atoms with van der Waals surface area (Å²) in [6.07, 6.45) is 2.35. The molecule has 0 radical (unpaired) electrons. The number of nitrogens with zero attached hydrogens (tertiary/aromatic N) is 2. The summed E-state index contributed by atoms with van der Waals surface area (Å²) in [5.74, 6) is -0.449. The first-order valence-electron chi connectivity index (χ1n) is 10.7. The van der Waals surface area contributed by atoms with Gasteiger partial charge in [0, 0.05) is 6.20 Å². The topological polar surface area (TPSA) is 64.3 Å². The normalized spacial score (nSPS) is 12.3. The Morgan fingerprint density at radius 2 is 1.38 bits per heavy atom. The summed E-state index contributed by atoms with van der Waals surface area (Å²) in [6, 6.07) is 30.6. The average Bonchev–Trinajstić information content (AvgIpc) is 3.33. The predicted octanol–water partition coefficient (Wildman–Crippen LogP) is 4.71. The zero-order valence-electron chi connectivity index (χ0n) is 18.0. The van der Waals surface area contributed by atoms with Gasteiger partial charge < -0.3 is 14.4 Å². The van der Waals surface area contributed by atoms with Crippen molar-refractivity contribution in [3.63, 3.8) is 0 Å². The van der Waals surface area contributed by atoms with Crippen LogP contribution < -0.4 is 0 Å². The lowest BCUT2D eigenvalue weighted by atomic mass is 9.77. The Morgan fingerprint density at radius 3 is 1.81 bits per heavy atom. The lowest BCUT2D eigenvalue weighted by molar-refractivity contribution is -0.145. The van der Waals surface area contributed by atoms with E-state index in [2.05, 4.69) is 41.4 Å². The molecule has 0 saturated carbocycles. The minimum atomic E-state index is -1.05. The van der Waals surface area contributed by atoms with Crippen molar-refractivity contribution in [1.82, 2.24) is 9.55 Å². The minimum absolute atomic E-state index is 0.139. The number of hydrogen-bond donors (Lipinski definition) is 1. The standard InChI is InChI=1S/C27H26N2O3/c1-2-32-26(31)18-25(30)24-19-29(20-28-24)27(21-12-6-3-7-13-21,22-14-8-4-9-15-22)23-16-10-5-11-17-23/h3-17,19-20,25,30H,2,18H2,1H3/t25-/m0/s1. The fraction of sp³-hybridized carbons (Fsp3) is 0.185. The smallest absolute Gasteiger partial charge is 0.308 e. The van der Waals surface area contributed by atoms with Crippen LogP contribution in [0, 0.1) is 0 Å². The molecule has 0 unspecified atom stereocenters. The molecule has 0 spiro atoms. The number of ether oxygens (including phenoxy) is 1. The number of imidazole rings is 1. The Bertz CT molecular complexity index is 1040. The second kappa shape index (κ2) is 9.62. The second-order valence-electron chi connectivity index (χ2n) is 7.54. The predicted molar refractivity (Wildman–Crippen MR) is 123 cm³/mol. The van der Waals surface area contributed by atoms with Crippen LogP contribution in [-0.4, -0.2) is 27.2 Å². The summed E-state index contributed by atoms with van der Waals surface area (Å²) in [5.41, 5.74) is 2.88. The van der Waals surface area contributed by atoms with Crippen LogP contribution in [0.25, 0.3) is 0 Å². The number of esters is 1. The highest BCUT2D eigenvalue weighted by Crippen LogP contribution is 2.41. The number of aliphatic hydroxyl groups is 1. The first-order valence-corrected chi connectivity index (χ1v) is 10.7. The number of carbonyl (C=O) groups is 1. The molecular weight excluding hydrogens is 400 g/mol. The van der Waals surface area contributed by atoms with Crippen molar-refractivity contribution in [1.29, 1.82) is 0 Å². The van der Waals surface area contributed by atoms with Crippen LogP contribution in [0.4, 0.5) is 0 Å². The number of rotatable bonds is 8. The number of hydrogen-bond acceptors (Lipinski definition) is 4. The van der Waals surface area contributed by atoms with Gasteiger partial charge in [-0.15, -0.1) is 0 Å². The van der Waals surface area contributed by atoms with E-state index in [4.69, 9.17) is 4.74 Å². The van der Waals surface area contributed by atoms with Gasteiger partial charge in [0.15, 0.2) is 0 Å². The molecule has 0 saturated heterocycles. The second-order valence-corrected chi connectivity index (χ2v) is 7.54. The largest absolute Gasteiger partial charge is 0.466 e. The Labute approximate surface area is 188 Å². The Kier molecular flexibility index (Phi) is 6.47. The fourth-order valence-electron chi connectivity index (χ4n) is 4.16. The molecule has 0 amide bonds. The van der Waals surface area contributed by atoms with E-state index in [0.29, 0.717) is 5.69 Å². The zero-order chi connectivity index (χ0) is 22.4. The number of aromatic nitrogens is 2. The van der Waals surface area contributed by atoms with Crippen LogP contribution in [0.5, 0.6) is 0 Å². The molecule has 5 heteroatoms. The van der Waals surface area contributed by atoms with Gasteiger partial charge in [0.25, 0.3) is 0 Å². The average molecular weight is 427 g/mol. The molecule has 0 aliphatic heterocycles. The van der Waals surface area contributed by atoms with E-state index < -0.39 is 17.6 Å².